The van der Waals surface area contributed by atoms with Crippen LogP contribution in [0, 0.1) is 0 Å². The Kier molecular flexibility index (Phi) is 4.21. The molecule has 0 N–H and O–H groups in total. The monoisotopic (exact) mass is 515 g/mol. The zero-order chi connectivity index (χ0) is 25.5. The SMILES string of the molecule is c1cc(-n2c3ccccc3c3cc(-n4c5ccccc5c5ccccc54)ccc32)c2c(c1)sc1ccncc12. The summed E-state index contributed by atoms with van der Waals surface area (Å²) in [5.41, 5.74) is 7.24. The topological polar surface area (TPSA) is 22.8 Å². The minimum atomic E-state index is 1.17. The Hall–Kier alpha value is -4.93. The number of nitrogens with zero attached hydrogens (tertiary/aromatic N) is 3. The Morgan fingerprint density at radius 1 is 0.487 bits per heavy atom. The highest BCUT2D eigenvalue weighted by molar-refractivity contribution is 7.25. The Morgan fingerprint density at radius 3 is 1.87 bits per heavy atom. The molecule has 0 aliphatic rings. The number of fused-ring (bicyclic) bond motifs is 9. The van der Waals surface area contributed by atoms with Crippen LogP contribution in [0.1, 0.15) is 0 Å². The fourth-order valence-electron chi connectivity index (χ4n) is 6.40. The maximum Gasteiger partial charge on any atom is 0.0555 e. The van der Waals surface area contributed by atoms with Crippen molar-refractivity contribution < 1.29 is 0 Å². The standard InChI is InChI=1S/C35H21N3S/c1-4-11-28-23(8-1)24-9-2-5-12-29(24)37(28)22-16-17-31-26(20-22)25-10-3-6-13-30(25)38(31)32-14-7-15-34-35(32)27-21-36-19-18-33(27)39-34/h1-21H. The van der Waals surface area contributed by atoms with Crippen LogP contribution in [-0.2, 0) is 0 Å². The number of benzene rings is 5. The van der Waals surface area contributed by atoms with Crippen LogP contribution in [0.15, 0.2) is 128 Å². The summed E-state index contributed by atoms with van der Waals surface area (Å²) in [5.74, 6) is 0. The van der Waals surface area contributed by atoms with Crippen LogP contribution in [-0.4, -0.2) is 14.1 Å². The molecule has 39 heavy (non-hydrogen) atoms. The Labute approximate surface area is 227 Å². The van der Waals surface area contributed by atoms with Gasteiger partial charge in [0.25, 0.3) is 0 Å². The number of pyridine rings is 1. The van der Waals surface area contributed by atoms with Gasteiger partial charge in [0, 0.05) is 59.8 Å². The van der Waals surface area contributed by atoms with Crippen molar-refractivity contribution in [2.45, 2.75) is 0 Å². The van der Waals surface area contributed by atoms with Crippen molar-refractivity contribution in [2.75, 3.05) is 0 Å². The highest BCUT2D eigenvalue weighted by Crippen LogP contribution is 2.41. The number of hydrogen-bond donors (Lipinski definition) is 0. The van der Waals surface area contributed by atoms with Gasteiger partial charge in [0.2, 0.25) is 0 Å². The molecule has 182 valence electrons. The van der Waals surface area contributed by atoms with Gasteiger partial charge >= 0.3 is 0 Å². The first-order valence-corrected chi connectivity index (χ1v) is 14.0. The van der Waals surface area contributed by atoms with Crippen LogP contribution in [0.5, 0.6) is 0 Å². The van der Waals surface area contributed by atoms with Crippen molar-refractivity contribution in [3.05, 3.63) is 128 Å². The second-order valence-corrected chi connectivity index (χ2v) is 11.1. The summed E-state index contributed by atoms with van der Waals surface area (Å²) in [7, 11) is 0. The summed E-state index contributed by atoms with van der Waals surface area (Å²) in [6.07, 6.45) is 3.89. The Balaban J connectivity index is 1.39. The van der Waals surface area contributed by atoms with E-state index in [0.717, 1.165) is 0 Å². The summed E-state index contributed by atoms with van der Waals surface area (Å²) >= 11 is 1.83. The van der Waals surface area contributed by atoms with E-state index < -0.39 is 0 Å². The molecule has 9 rings (SSSR count). The second-order valence-electron chi connectivity index (χ2n) is 10.0. The summed E-state index contributed by atoms with van der Waals surface area (Å²) in [5, 5.41) is 7.53. The molecule has 4 heteroatoms. The zero-order valence-electron chi connectivity index (χ0n) is 20.9. The summed E-state index contributed by atoms with van der Waals surface area (Å²) in [6, 6.07) is 41.8. The lowest BCUT2D eigenvalue weighted by Gasteiger charge is -2.11. The largest absolute Gasteiger partial charge is 0.309 e. The predicted octanol–water partition coefficient (Wildman–Crippen LogP) is 9.64. The third-order valence-electron chi connectivity index (χ3n) is 8.01. The molecule has 0 spiro atoms. The maximum absolute atomic E-state index is 4.47. The van der Waals surface area contributed by atoms with E-state index in [-0.39, 0.29) is 0 Å². The van der Waals surface area contributed by atoms with E-state index >= 15 is 0 Å². The Bertz CT molecular complexity index is 2350. The van der Waals surface area contributed by atoms with Crippen molar-refractivity contribution in [1.29, 1.82) is 0 Å². The first kappa shape index (κ1) is 21.1. The van der Waals surface area contributed by atoms with Crippen LogP contribution in [0.3, 0.4) is 0 Å². The first-order chi connectivity index (χ1) is 19.4. The number of para-hydroxylation sites is 3. The van der Waals surface area contributed by atoms with Crippen molar-refractivity contribution in [2.24, 2.45) is 0 Å². The molecule has 0 atom stereocenters. The normalized spacial score (nSPS) is 12.1. The highest BCUT2D eigenvalue weighted by atomic mass is 32.1. The minimum absolute atomic E-state index is 1.17. The number of aromatic nitrogens is 3. The van der Waals surface area contributed by atoms with Crippen molar-refractivity contribution >= 4 is 75.1 Å². The van der Waals surface area contributed by atoms with Gasteiger partial charge in [-0.05, 0) is 54.6 Å². The molecule has 0 bridgehead atoms. The lowest BCUT2D eigenvalue weighted by atomic mass is 10.1. The molecular weight excluding hydrogens is 494 g/mol. The predicted molar refractivity (Wildman–Crippen MR) is 166 cm³/mol. The van der Waals surface area contributed by atoms with Gasteiger partial charge in [-0.15, -0.1) is 11.3 Å². The van der Waals surface area contributed by atoms with Gasteiger partial charge in [-0.3, -0.25) is 4.98 Å². The fourth-order valence-corrected chi connectivity index (χ4v) is 7.49. The summed E-state index contributed by atoms with van der Waals surface area (Å²) in [6.45, 7) is 0. The van der Waals surface area contributed by atoms with E-state index in [1.54, 1.807) is 0 Å². The zero-order valence-corrected chi connectivity index (χ0v) is 21.7. The molecule has 0 aliphatic carbocycles. The second kappa shape index (κ2) is 7.79. The van der Waals surface area contributed by atoms with Gasteiger partial charge in [0.15, 0.2) is 0 Å². The smallest absolute Gasteiger partial charge is 0.0555 e. The maximum atomic E-state index is 4.47. The van der Waals surface area contributed by atoms with E-state index in [4.69, 9.17) is 0 Å². The quantitative estimate of drug-likeness (QED) is 0.225. The molecule has 5 aromatic carbocycles. The van der Waals surface area contributed by atoms with Crippen LogP contribution < -0.4 is 0 Å². The molecule has 4 heterocycles. The average molecular weight is 516 g/mol. The molecule has 0 fully saturated rings. The van der Waals surface area contributed by atoms with E-state index in [9.17, 15) is 0 Å². The van der Waals surface area contributed by atoms with E-state index in [0.29, 0.717) is 0 Å². The van der Waals surface area contributed by atoms with Crippen LogP contribution in [0.25, 0.3) is 75.2 Å². The lowest BCUT2D eigenvalue weighted by molar-refractivity contribution is 1.17. The molecule has 0 aliphatic heterocycles. The van der Waals surface area contributed by atoms with E-state index in [1.165, 1.54) is 75.2 Å². The van der Waals surface area contributed by atoms with Crippen molar-refractivity contribution in [3.8, 4) is 11.4 Å². The molecule has 0 saturated heterocycles. The van der Waals surface area contributed by atoms with Crippen LogP contribution in [0.4, 0.5) is 0 Å². The van der Waals surface area contributed by atoms with Gasteiger partial charge in [0.1, 0.15) is 0 Å². The molecule has 0 saturated carbocycles. The molecular formula is C35H21N3S. The van der Waals surface area contributed by atoms with E-state index in [2.05, 4.69) is 129 Å². The van der Waals surface area contributed by atoms with Gasteiger partial charge in [-0.25, -0.2) is 0 Å². The lowest BCUT2D eigenvalue weighted by Crippen LogP contribution is -1.96. The summed E-state index contributed by atoms with van der Waals surface area (Å²) in [4.78, 5) is 4.47. The molecule has 4 aromatic heterocycles. The van der Waals surface area contributed by atoms with Gasteiger partial charge in [0.05, 0.1) is 27.8 Å². The number of rotatable bonds is 2. The van der Waals surface area contributed by atoms with Gasteiger partial charge in [-0.2, -0.15) is 0 Å². The molecule has 3 nitrogen and oxygen atoms in total. The third kappa shape index (κ3) is 2.84. The summed E-state index contributed by atoms with van der Waals surface area (Å²) < 4.78 is 7.38. The first-order valence-electron chi connectivity index (χ1n) is 13.1. The number of hydrogen-bond acceptors (Lipinski definition) is 2. The van der Waals surface area contributed by atoms with E-state index in [1.807, 2.05) is 23.7 Å². The molecule has 0 unspecified atom stereocenters. The third-order valence-corrected chi connectivity index (χ3v) is 9.15. The Morgan fingerprint density at radius 2 is 1.13 bits per heavy atom. The average Bonchev–Trinajstić information content (AvgIpc) is 3.65. The van der Waals surface area contributed by atoms with Crippen LogP contribution in [0.2, 0.25) is 0 Å². The van der Waals surface area contributed by atoms with Gasteiger partial charge < -0.3 is 9.13 Å². The van der Waals surface area contributed by atoms with Crippen LogP contribution >= 0.6 is 11.3 Å². The number of thiophene rings is 1. The van der Waals surface area contributed by atoms with Crippen molar-refractivity contribution in [1.82, 2.24) is 14.1 Å². The molecule has 0 radical (unpaired) electrons. The highest BCUT2D eigenvalue weighted by Gasteiger charge is 2.18. The molecule has 9 aromatic rings. The van der Waals surface area contributed by atoms with Crippen molar-refractivity contribution in [3.63, 3.8) is 0 Å². The molecule has 0 amide bonds. The fraction of sp³-hybridized carbons (Fsp3) is 0. The van der Waals surface area contributed by atoms with Gasteiger partial charge in [-0.1, -0.05) is 60.7 Å². The minimum Gasteiger partial charge on any atom is -0.309 e.